The van der Waals surface area contributed by atoms with Crippen LogP contribution in [0.5, 0.6) is 0 Å². The molecule has 0 radical (unpaired) electrons. The summed E-state index contributed by atoms with van der Waals surface area (Å²) in [5, 5.41) is 2.36. The fourth-order valence-electron chi connectivity index (χ4n) is 0.983. The lowest BCUT2D eigenvalue weighted by Gasteiger charge is -2.09. The number of alkyl halides is 3. The van der Waals surface area contributed by atoms with Crippen LogP contribution in [0.25, 0.3) is 0 Å². The van der Waals surface area contributed by atoms with Crippen LogP contribution in [0.15, 0.2) is 18.2 Å². The van der Waals surface area contributed by atoms with E-state index in [-0.39, 0.29) is 12.2 Å². The molecule has 1 rings (SSSR count). The van der Waals surface area contributed by atoms with Crippen LogP contribution in [0.1, 0.15) is 5.56 Å². The maximum Gasteiger partial charge on any atom is 0.416 e. The zero-order valence-corrected chi connectivity index (χ0v) is 7.53. The number of anilines is 1. The molecule has 0 saturated heterocycles. The molecular formula is C10H7F4N. The minimum atomic E-state index is -4.49. The van der Waals surface area contributed by atoms with Crippen molar-refractivity contribution >= 4 is 5.69 Å². The molecule has 0 atom stereocenters. The number of rotatable bonds is 2. The first-order valence-corrected chi connectivity index (χ1v) is 3.99. The summed E-state index contributed by atoms with van der Waals surface area (Å²) in [5.41, 5.74) is -1.16. The van der Waals surface area contributed by atoms with Crippen molar-refractivity contribution in [3.63, 3.8) is 0 Å². The van der Waals surface area contributed by atoms with Gasteiger partial charge in [0, 0.05) is 0 Å². The van der Waals surface area contributed by atoms with Crippen LogP contribution in [0, 0.1) is 18.2 Å². The second kappa shape index (κ2) is 4.22. The van der Waals surface area contributed by atoms with Gasteiger partial charge in [-0.1, -0.05) is 5.92 Å². The highest BCUT2D eigenvalue weighted by Crippen LogP contribution is 2.31. The van der Waals surface area contributed by atoms with Gasteiger partial charge in [-0.3, -0.25) is 0 Å². The van der Waals surface area contributed by atoms with E-state index >= 15 is 0 Å². The minimum Gasteiger partial charge on any atom is -0.372 e. The maximum absolute atomic E-state index is 13.0. The van der Waals surface area contributed by atoms with Gasteiger partial charge in [0.1, 0.15) is 5.82 Å². The van der Waals surface area contributed by atoms with Gasteiger partial charge in [0.05, 0.1) is 17.8 Å². The summed E-state index contributed by atoms with van der Waals surface area (Å²) >= 11 is 0. The highest BCUT2D eigenvalue weighted by Gasteiger charge is 2.31. The molecule has 1 aromatic rings. The Labute approximate surface area is 84.1 Å². The zero-order valence-electron chi connectivity index (χ0n) is 7.53. The van der Waals surface area contributed by atoms with Crippen molar-refractivity contribution in [2.45, 2.75) is 6.18 Å². The third-order valence-corrected chi connectivity index (χ3v) is 1.67. The summed E-state index contributed by atoms with van der Waals surface area (Å²) in [6.07, 6.45) is 0.407. The number of terminal acetylenes is 1. The van der Waals surface area contributed by atoms with Crippen molar-refractivity contribution in [2.24, 2.45) is 0 Å². The molecule has 15 heavy (non-hydrogen) atoms. The molecule has 80 valence electrons. The third-order valence-electron chi connectivity index (χ3n) is 1.67. The predicted molar refractivity (Wildman–Crippen MR) is 48.7 cm³/mol. The summed E-state index contributed by atoms with van der Waals surface area (Å²) in [7, 11) is 0. The SMILES string of the molecule is C#CCNc1cc(C(F)(F)F)ccc1F. The zero-order chi connectivity index (χ0) is 11.5. The molecule has 0 saturated carbocycles. The molecule has 0 spiro atoms. The van der Waals surface area contributed by atoms with E-state index in [0.717, 1.165) is 6.07 Å². The summed E-state index contributed by atoms with van der Waals surface area (Å²) in [6.45, 7) is -0.0295. The highest BCUT2D eigenvalue weighted by molar-refractivity contribution is 5.48. The fourth-order valence-corrected chi connectivity index (χ4v) is 0.983. The molecule has 0 aliphatic heterocycles. The highest BCUT2D eigenvalue weighted by atomic mass is 19.4. The normalized spacial score (nSPS) is 10.9. The van der Waals surface area contributed by atoms with Gasteiger partial charge in [-0.25, -0.2) is 4.39 Å². The van der Waals surface area contributed by atoms with E-state index in [9.17, 15) is 17.6 Å². The number of halogens is 4. The third kappa shape index (κ3) is 2.88. The Kier molecular flexibility index (Phi) is 3.20. The first-order valence-electron chi connectivity index (χ1n) is 3.99. The summed E-state index contributed by atoms with van der Waals surface area (Å²) in [6, 6.07) is 2.12. The van der Waals surface area contributed by atoms with Gasteiger partial charge in [-0.15, -0.1) is 6.42 Å². The van der Waals surface area contributed by atoms with Crippen molar-refractivity contribution in [3.8, 4) is 12.3 Å². The second-order valence-electron chi connectivity index (χ2n) is 2.75. The molecule has 0 amide bonds. The summed E-state index contributed by atoms with van der Waals surface area (Å²) < 4.78 is 49.7. The van der Waals surface area contributed by atoms with Crippen molar-refractivity contribution in [1.29, 1.82) is 0 Å². The fraction of sp³-hybridized carbons (Fsp3) is 0.200. The molecule has 0 heterocycles. The van der Waals surface area contributed by atoms with E-state index < -0.39 is 17.6 Å². The van der Waals surface area contributed by atoms with Crippen molar-refractivity contribution in [1.82, 2.24) is 0 Å². The van der Waals surface area contributed by atoms with Crippen LogP contribution in [-0.2, 0) is 6.18 Å². The van der Waals surface area contributed by atoms with Gasteiger partial charge in [-0.05, 0) is 18.2 Å². The van der Waals surface area contributed by atoms with Crippen LogP contribution in [0.2, 0.25) is 0 Å². The molecule has 0 unspecified atom stereocenters. The van der Waals surface area contributed by atoms with E-state index in [1.807, 2.05) is 0 Å². The van der Waals surface area contributed by atoms with Crippen LogP contribution < -0.4 is 5.32 Å². The van der Waals surface area contributed by atoms with Gasteiger partial charge < -0.3 is 5.32 Å². The van der Waals surface area contributed by atoms with Gasteiger partial charge in [-0.2, -0.15) is 13.2 Å². The van der Waals surface area contributed by atoms with E-state index in [4.69, 9.17) is 6.42 Å². The number of hydrogen-bond acceptors (Lipinski definition) is 1. The van der Waals surface area contributed by atoms with E-state index in [2.05, 4.69) is 11.2 Å². The Morgan fingerprint density at radius 1 is 1.33 bits per heavy atom. The molecule has 1 N–H and O–H groups in total. The summed E-state index contributed by atoms with van der Waals surface area (Å²) in [5.74, 6) is 1.38. The average Bonchev–Trinajstić information content (AvgIpc) is 2.15. The monoisotopic (exact) mass is 217 g/mol. The Hall–Kier alpha value is -1.70. The number of hydrogen-bond donors (Lipinski definition) is 1. The first kappa shape index (κ1) is 11.4. The Morgan fingerprint density at radius 2 is 2.00 bits per heavy atom. The molecule has 1 aromatic carbocycles. The van der Waals surface area contributed by atoms with Crippen molar-refractivity contribution in [2.75, 3.05) is 11.9 Å². The largest absolute Gasteiger partial charge is 0.416 e. The minimum absolute atomic E-state index is 0.0295. The first-order chi connectivity index (χ1) is 6.95. The van der Waals surface area contributed by atoms with Gasteiger partial charge in [0.2, 0.25) is 0 Å². The molecule has 0 aliphatic carbocycles. The second-order valence-corrected chi connectivity index (χ2v) is 2.75. The van der Waals surface area contributed by atoms with Crippen molar-refractivity contribution in [3.05, 3.63) is 29.6 Å². The topological polar surface area (TPSA) is 12.0 Å². The van der Waals surface area contributed by atoms with Crippen LogP contribution in [0.3, 0.4) is 0 Å². The average molecular weight is 217 g/mol. The smallest absolute Gasteiger partial charge is 0.372 e. The van der Waals surface area contributed by atoms with E-state index in [1.54, 1.807) is 0 Å². The lowest BCUT2D eigenvalue weighted by Crippen LogP contribution is -2.08. The van der Waals surface area contributed by atoms with Crippen LogP contribution >= 0.6 is 0 Å². The standard InChI is InChI=1S/C10H7F4N/c1-2-5-15-9-6-7(10(12,13)14)3-4-8(9)11/h1,3-4,6,15H,5H2. The molecule has 0 fully saturated rings. The van der Waals surface area contributed by atoms with E-state index in [1.165, 1.54) is 0 Å². The number of nitrogens with one attached hydrogen (secondary N) is 1. The Bertz CT molecular complexity index is 389. The van der Waals surface area contributed by atoms with Gasteiger partial charge >= 0.3 is 6.18 Å². The molecule has 0 aromatic heterocycles. The molecule has 0 bridgehead atoms. The van der Waals surface area contributed by atoms with Gasteiger partial charge in [0.25, 0.3) is 0 Å². The molecular weight excluding hydrogens is 210 g/mol. The molecule has 5 heteroatoms. The van der Waals surface area contributed by atoms with Crippen molar-refractivity contribution < 1.29 is 17.6 Å². The predicted octanol–water partition coefficient (Wildman–Crippen LogP) is 2.89. The lowest BCUT2D eigenvalue weighted by molar-refractivity contribution is -0.137. The Morgan fingerprint density at radius 3 is 2.53 bits per heavy atom. The quantitative estimate of drug-likeness (QED) is 0.593. The van der Waals surface area contributed by atoms with Crippen LogP contribution in [0.4, 0.5) is 23.2 Å². The molecule has 1 nitrogen and oxygen atoms in total. The molecule has 0 aliphatic rings. The maximum atomic E-state index is 13.0. The summed E-state index contributed by atoms with van der Waals surface area (Å²) in [4.78, 5) is 0. The van der Waals surface area contributed by atoms with Crippen LogP contribution in [-0.4, -0.2) is 6.54 Å². The van der Waals surface area contributed by atoms with E-state index in [0.29, 0.717) is 12.1 Å². The number of benzene rings is 1. The lowest BCUT2D eigenvalue weighted by atomic mass is 10.2. The van der Waals surface area contributed by atoms with Gasteiger partial charge in [0.15, 0.2) is 0 Å². The Balaban J connectivity index is 3.01.